The molecule has 0 bridgehead atoms. The lowest BCUT2D eigenvalue weighted by molar-refractivity contribution is 0.236. The molecule has 2 heterocycles. The molecule has 0 saturated heterocycles. The number of methoxy groups -OCH3 is 1. The summed E-state index contributed by atoms with van der Waals surface area (Å²) in [6, 6.07) is 7.50. The van der Waals surface area contributed by atoms with Crippen molar-refractivity contribution in [3.8, 4) is 5.75 Å². The van der Waals surface area contributed by atoms with Gasteiger partial charge in [-0.25, -0.2) is 4.79 Å². The number of aryl methyl sites for hydroxylation is 1. The second-order valence-electron chi connectivity index (χ2n) is 5.85. The first-order valence-corrected chi connectivity index (χ1v) is 8.30. The maximum Gasteiger partial charge on any atom is 0.315 e. The number of aromatic nitrogens is 3. The molecule has 3 rings (SSSR count). The second-order valence-corrected chi connectivity index (χ2v) is 5.85. The van der Waals surface area contributed by atoms with E-state index in [1.165, 1.54) is 0 Å². The fraction of sp³-hybridized carbons (Fsp3) is 0.471. The van der Waals surface area contributed by atoms with Crippen molar-refractivity contribution in [2.45, 2.75) is 45.3 Å². The number of amides is 2. The molecule has 0 fully saturated rings. The fourth-order valence-electron chi connectivity index (χ4n) is 2.97. The summed E-state index contributed by atoms with van der Waals surface area (Å²) in [5.74, 6) is 2.63. The van der Waals surface area contributed by atoms with Gasteiger partial charge in [0.15, 0.2) is 5.82 Å². The maximum atomic E-state index is 12.2. The Bertz CT molecular complexity index is 696. The quantitative estimate of drug-likeness (QED) is 0.851. The molecule has 1 atom stereocenters. The zero-order valence-electron chi connectivity index (χ0n) is 14.1. The van der Waals surface area contributed by atoms with Crippen molar-refractivity contribution in [1.29, 1.82) is 0 Å². The lowest BCUT2D eigenvalue weighted by Crippen LogP contribution is -2.38. The van der Waals surface area contributed by atoms with Crippen LogP contribution in [0.3, 0.4) is 0 Å². The highest BCUT2D eigenvalue weighted by Crippen LogP contribution is 2.20. The van der Waals surface area contributed by atoms with E-state index in [4.69, 9.17) is 4.74 Å². The van der Waals surface area contributed by atoms with Gasteiger partial charge in [-0.05, 0) is 30.5 Å². The molecule has 2 aromatic rings. The Balaban J connectivity index is 1.56. The summed E-state index contributed by atoms with van der Waals surface area (Å²) in [5, 5.41) is 14.2. The minimum absolute atomic E-state index is 0.0416. The SMILES string of the molecule is CC[C@@H](NC(=O)NCc1nnc2n1CCC2)c1ccc(OC)cc1. The molecule has 1 aliphatic heterocycles. The number of rotatable bonds is 6. The van der Waals surface area contributed by atoms with E-state index in [1.807, 2.05) is 31.2 Å². The van der Waals surface area contributed by atoms with Gasteiger partial charge in [0.05, 0.1) is 19.7 Å². The topological polar surface area (TPSA) is 81.1 Å². The van der Waals surface area contributed by atoms with Gasteiger partial charge >= 0.3 is 6.03 Å². The van der Waals surface area contributed by atoms with Gasteiger partial charge in [-0.3, -0.25) is 0 Å². The van der Waals surface area contributed by atoms with Crippen LogP contribution in [0.4, 0.5) is 4.79 Å². The molecule has 2 N–H and O–H groups in total. The van der Waals surface area contributed by atoms with Crippen LogP contribution in [0.2, 0.25) is 0 Å². The van der Waals surface area contributed by atoms with Gasteiger partial charge in [0, 0.05) is 13.0 Å². The zero-order valence-corrected chi connectivity index (χ0v) is 14.1. The standard InChI is InChI=1S/C17H23N5O2/c1-3-14(12-6-8-13(24-2)9-7-12)19-17(23)18-11-16-21-20-15-5-4-10-22(15)16/h6-9,14H,3-5,10-11H2,1-2H3,(H2,18,19,23)/t14-/m1/s1. The summed E-state index contributed by atoms with van der Waals surface area (Å²) >= 11 is 0. The predicted octanol–water partition coefficient (Wildman–Crippen LogP) is 2.18. The Morgan fingerprint density at radius 2 is 2.12 bits per heavy atom. The van der Waals surface area contributed by atoms with Crippen molar-refractivity contribution in [3.05, 3.63) is 41.5 Å². The molecule has 7 nitrogen and oxygen atoms in total. The number of benzene rings is 1. The van der Waals surface area contributed by atoms with Crippen LogP contribution in [-0.4, -0.2) is 27.9 Å². The number of nitrogens with one attached hydrogen (secondary N) is 2. The highest BCUT2D eigenvalue weighted by molar-refractivity contribution is 5.74. The number of carbonyl (C=O) groups is 1. The van der Waals surface area contributed by atoms with Crippen molar-refractivity contribution < 1.29 is 9.53 Å². The van der Waals surface area contributed by atoms with Crippen molar-refractivity contribution >= 4 is 6.03 Å². The van der Waals surface area contributed by atoms with Crippen LogP contribution in [0.25, 0.3) is 0 Å². The van der Waals surface area contributed by atoms with Crippen LogP contribution in [0.5, 0.6) is 5.75 Å². The summed E-state index contributed by atoms with van der Waals surface area (Å²) in [6.07, 6.45) is 2.87. The van der Waals surface area contributed by atoms with Crippen LogP contribution in [0.1, 0.15) is 43.0 Å². The average Bonchev–Trinajstić information content (AvgIpc) is 3.22. The molecule has 0 unspecified atom stereocenters. The monoisotopic (exact) mass is 329 g/mol. The molecule has 0 spiro atoms. The zero-order chi connectivity index (χ0) is 16.9. The smallest absolute Gasteiger partial charge is 0.315 e. The molecule has 0 aliphatic carbocycles. The van der Waals surface area contributed by atoms with Gasteiger partial charge < -0.3 is 19.9 Å². The Kier molecular flexibility index (Phi) is 4.98. The summed E-state index contributed by atoms with van der Waals surface area (Å²) < 4.78 is 7.25. The molecule has 1 aromatic heterocycles. The molecular weight excluding hydrogens is 306 g/mol. The van der Waals surface area contributed by atoms with Crippen LogP contribution in [0.15, 0.2) is 24.3 Å². The number of ether oxygens (including phenoxy) is 1. The Morgan fingerprint density at radius 3 is 2.83 bits per heavy atom. The summed E-state index contributed by atoms with van der Waals surface area (Å²) in [5.41, 5.74) is 1.05. The van der Waals surface area contributed by atoms with Crippen molar-refractivity contribution in [1.82, 2.24) is 25.4 Å². The van der Waals surface area contributed by atoms with E-state index in [0.29, 0.717) is 6.54 Å². The first-order chi connectivity index (χ1) is 11.7. The largest absolute Gasteiger partial charge is 0.497 e. The van der Waals surface area contributed by atoms with Crippen LogP contribution in [-0.2, 0) is 19.5 Å². The third kappa shape index (κ3) is 3.50. The fourth-order valence-corrected chi connectivity index (χ4v) is 2.97. The Hall–Kier alpha value is -2.57. The van der Waals surface area contributed by atoms with E-state index in [-0.39, 0.29) is 12.1 Å². The van der Waals surface area contributed by atoms with Gasteiger partial charge in [-0.2, -0.15) is 0 Å². The minimum Gasteiger partial charge on any atom is -0.497 e. The molecule has 1 aliphatic rings. The number of hydrogen-bond donors (Lipinski definition) is 2. The second kappa shape index (κ2) is 7.33. The lowest BCUT2D eigenvalue weighted by atomic mass is 10.0. The van der Waals surface area contributed by atoms with Crippen LogP contribution >= 0.6 is 0 Å². The highest BCUT2D eigenvalue weighted by Gasteiger charge is 2.18. The number of urea groups is 1. The van der Waals surface area contributed by atoms with Crippen molar-refractivity contribution in [2.75, 3.05) is 7.11 Å². The highest BCUT2D eigenvalue weighted by atomic mass is 16.5. The van der Waals surface area contributed by atoms with E-state index in [1.54, 1.807) is 7.11 Å². The van der Waals surface area contributed by atoms with Crippen molar-refractivity contribution in [3.63, 3.8) is 0 Å². The number of hydrogen-bond acceptors (Lipinski definition) is 4. The van der Waals surface area contributed by atoms with E-state index in [0.717, 1.165) is 48.8 Å². The summed E-state index contributed by atoms with van der Waals surface area (Å²) in [7, 11) is 1.64. The van der Waals surface area contributed by atoms with E-state index < -0.39 is 0 Å². The first kappa shape index (κ1) is 16.3. The number of carbonyl (C=O) groups excluding carboxylic acids is 1. The van der Waals surface area contributed by atoms with Crippen LogP contribution in [0, 0.1) is 0 Å². The molecule has 24 heavy (non-hydrogen) atoms. The third-order valence-corrected chi connectivity index (χ3v) is 4.32. The summed E-state index contributed by atoms with van der Waals surface area (Å²) in [6.45, 7) is 3.36. The van der Waals surface area contributed by atoms with Gasteiger partial charge in [-0.1, -0.05) is 19.1 Å². The lowest BCUT2D eigenvalue weighted by Gasteiger charge is -2.18. The molecule has 1 aromatic carbocycles. The molecule has 0 radical (unpaired) electrons. The Labute approximate surface area is 141 Å². The van der Waals surface area contributed by atoms with Crippen LogP contribution < -0.4 is 15.4 Å². The van der Waals surface area contributed by atoms with Gasteiger partial charge in [0.1, 0.15) is 11.6 Å². The average molecular weight is 329 g/mol. The van der Waals surface area contributed by atoms with Gasteiger partial charge in [-0.15, -0.1) is 10.2 Å². The van der Waals surface area contributed by atoms with E-state index >= 15 is 0 Å². The molecule has 128 valence electrons. The predicted molar refractivity (Wildman–Crippen MR) is 89.7 cm³/mol. The first-order valence-electron chi connectivity index (χ1n) is 8.30. The number of nitrogens with zero attached hydrogens (tertiary/aromatic N) is 3. The normalized spacial score (nSPS) is 14.1. The van der Waals surface area contributed by atoms with E-state index in [2.05, 4.69) is 25.4 Å². The van der Waals surface area contributed by atoms with E-state index in [9.17, 15) is 4.79 Å². The van der Waals surface area contributed by atoms with Gasteiger partial charge in [0.2, 0.25) is 0 Å². The minimum atomic E-state index is -0.201. The Morgan fingerprint density at radius 1 is 1.33 bits per heavy atom. The maximum absolute atomic E-state index is 12.2. The molecular formula is C17H23N5O2. The van der Waals surface area contributed by atoms with Crippen molar-refractivity contribution in [2.24, 2.45) is 0 Å². The summed E-state index contributed by atoms with van der Waals surface area (Å²) in [4.78, 5) is 12.2. The third-order valence-electron chi connectivity index (χ3n) is 4.32. The number of fused-ring (bicyclic) bond motifs is 1. The molecule has 0 saturated carbocycles. The molecule has 7 heteroatoms. The van der Waals surface area contributed by atoms with Gasteiger partial charge in [0.25, 0.3) is 0 Å². The molecule has 2 amide bonds.